The van der Waals surface area contributed by atoms with Crippen molar-refractivity contribution < 1.29 is 33.3 Å². The third kappa shape index (κ3) is 5.13. The summed E-state index contributed by atoms with van der Waals surface area (Å²) >= 11 is 0. The van der Waals surface area contributed by atoms with Crippen molar-refractivity contribution >= 4 is 5.97 Å². The van der Waals surface area contributed by atoms with Crippen LogP contribution in [0.5, 0.6) is 5.75 Å². The van der Waals surface area contributed by atoms with Crippen molar-refractivity contribution in [2.75, 3.05) is 6.61 Å². The highest BCUT2D eigenvalue weighted by Crippen LogP contribution is 2.68. The fourth-order valence-electron chi connectivity index (χ4n) is 9.41. The lowest BCUT2D eigenvalue weighted by Gasteiger charge is -2.67. The molecule has 9 nitrogen and oxygen atoms in total. The average molecular weight is 644 g/mol. The molecule has 2 aliphatic carbocycles. The molecule has 3 aromatic rings. The van der Waals surface area contributed by atoms with Gasteiger partial charge in [-0.1, -0.05) is 51.5 Å². The van der Waals surface area contributed by atoms with Crippen molar-refractivity contribution in [1.82, 2.24) is 4.98 Å². The van der Waals surface area contributed by atoms with E-state index in [1.54, 1.807) is 30.6 Å². The molecule has 0 radical (unpaired) electrons. The zero-order chi connectivity index (χ0) is 33.1. The molecule has 2 aromatic heterocycles. The smallest absolute Gasteiger partial charge is 0.345 e. The molecule has 2 aliphatic heterocycles. The van der Waals surface area contributed by atoms with Crippen molar-refractivity contribution in [3.8, 4) is 17.1 Å². The van der Waals surface area contributed by atoms with E-state index < -0.39 is 46.5 Å². The minimum Gasteiger partial charge on any atom is -0.482 e. The first-order valence-corrected chi connectivity index (χ1v) is 17.0. The molecule has 3 fully saturated rings. The van der Waals surface area contributed by atoms with E-state index in [1.165, 1.54) is 0 Å². The molecule has 250 valence electrons. The van der Waals surface area contributed by atoms with Crippen LogP contribution in [0.2, 0.25) is 0 Å². The van der Waals surface area contributed by atoms with Gasteiger partial charge < -0.3 is 28.5 Å². The topological polar surface area (TPSA) is 117 Å². The summed E-state index contributed by atoms with van der Waals surface area (Å²) in [5.74, 6) is -0.408. The molecule has 4 heterocycles. The van der Waals surface area contributed by atoms with E-state index in [9.17, 15) is 14.7 Å². The number of carbonyl (C=O) groups is 1. The number of hydrogen-bond donors (Lipinski definition) is 1. The Kier molecular flexibility index (Phi) is 8.09. The van der Waals surface area contributed by atoms with Gasteiger partial charge in [-0.3, -0.25) is 9.78 Å². The van der Waals surface area contributed by atoms with Crippen LogP contribution in [-0.4, -0.2) is 40.5 Å². The molecule has 1 aromatic carbocycles. The number of benzene rings is 1. The van der Waals surface area contributed by atoms with Crippen LogP contribution in [0.25, 0.3) is 11.3 Å². The summed E-state index contributed by atoms with van der Waals surface area (Å²) in [6.45, 7) is 10.9. The largest absolute Gasteiger partial charge is 0.482 e. The number of pyridine rings is 1. The van der Waals surface area contributed by atoms with E-state index >= 15 is 0 Å². The van der Waals surface area contributed by atoms with Crippen LogP contribution < -0.4 is 10.4 Å². The Balaban J connectivity index is 1.29. The molecule has 0 unspecified atom stereocenters. The predicted octanol–water partition coefficient (Wildman–Crippen LogP) is 6.85. The lowest BCUT2D eigenvalue weighted by Crippen LogP contribution is -2.72. The molecule has 0 amide bonds. The summed E-state index contributed by atoms with van der Waals surface area (Å²) < 4.78 is 32.2. The molecule has 4 aliphatic rings. The summed E-state index contributed by atoms with van der Waals surface area (Å²) in [6, 6.07) is 13.3. The van der Waals surface area contributed by atoms with Gasteiger partial charge in [-0.05, 0) is 68.6 Å². The van der Waals surface area contributed by atoms with Gasteiger partial charge in [0, 0.05) is 47.3 Å². The van der Waals surface area contributed by atoms with Gasteiger partial charge in [-0.25, -0.2) is 4.79 Å². The number of aryl methyl sites for hydroxylation is 1. The van der Waals surface area contributed by atoms with Crippen LogP contribution in [0.15, 0.2) is 64.1 Å². The third-order valence-electron chi connectivity index (χ3n) is 11.8. The number of rotatable bonds is 6. The number of aliphatic hydroxyl groups is 1. The first-order valence-electron chi connectivity index (χ1n) is 17.0. The highest BCUT2D eigenvalue weighted by atomic mass is 16.7. The predicted molar refractivity (Wildman–Crippen MR) is 173 cm³/mol. The van der Waals surface area contributed by atoms with Crippen LogP contribution in [0.3, 0.4) is 0 Å². The quantitative estimate of drug-likeness (QED) is 0.288. The number of aromatic nitrogens is 1. The summed E-state index contributed by atoms with van der Waals surface area (Å²) in [5, 5.41) is 12.3. The van der Waals surface area contributed by atoms with E-state index in [2.05, 4.69) is 31.8 Å². The van der Waals surface area contributed by atoms with E-state index in [1.807, 2.05) is 32.0 Å². The molecule has 2 saturated carbocycles. The SMILES string of the molecule is CCCCC(=O)O[C@H]1C[C@H]2[C@]3(C)CO[C@@H](c4ccccc4C)O[C@H]3CC[C@]2(C)[C@H]2[C@@H](O)c3c(cc(-c4cccnc4)oc3=O)O[C@]12C. The summed E-state index contributed by atoms with van der Waals surface area (Å²) in [5.41, 5.74) is 0.111. The summed E-state index contributed by atoms with van der Waals surface area (Å²) in [7, 11) is 0. The highest BCUT2D eigenvalue weighted by molar-refractivity contribution is 5.69. The van der Waals surface area contributed by atoms with Gasteiger partial charge in [0.05, 0.1) is 18.8 Å². The van der Waals surface area contributed by atoms with Crippen molar-refractivity contribution in [3.63, 3.8) is 0 Å². The van der Waals surface area contributed by atoms with Crippen molar-refractivity contribution in [2.45, 2.75) is 103 Å². The first-order chi connectivity index (χ1) is 22.5. The number of unbranched alkanes of at least 4 members (excludes halogenated alkanes) is 1. The molecule has 1 saturated heterocycles. The fraction of sp³-hybridized carbons (Fsp3) is 0.553. The lowest BCUT2D eigenvalue weighted by molar-refractivity contribution is -0.331. The zero-order valence-electron chi connectivity index (χ0n) is 27.9. The fourth-order valence-corrected chi connectivity index (χ4v) is 9.41. The third-order valence-corrected chi connectivity index (χ3v) is 11.8. The Hall–Kier alpha value is -3.53. The number of esters is 1. The van der Waals surface area contributed by atoms with Gasteiger partial charge in [0.1, 0.15) is 28.8 Å². The molecule has 9 heteroatoms. The minimum absolute atomic E-state index is 0.0740. The number of carbonyl (C=O) groups excluding carboxylic acids is 1. The Bertz CT molecular complexity index is 1710. The Labute approximate surface area is 275 Å². The van der Waals surface area contributed by atoms with Gasteiger partial charge in [0.25, 0.3) is 0 Å². The number of ether oxygens (including phenoxy) is 4. The number of aliphatic hydroxyl groups excluding tert-OH is 1. The van der Waals surface area contributed by atoms with Gasteiger partial charge >= 0.3 is 11.6 Å². The Morgan fingerprint density at radius 2 is 1.94 bits per heavy atom. The molecule has 9 atom stereocenters. The molecule has 1 N–H and O–H groups in total. The second-order valence-electron chi connectivity index (χ2n) is 14.7. The highest BCUT2D eigenvalue weighted by Gasteiger charge is 2.71. The molecular weight excluding hydrogens is 598 g/mol. The zero-order valence-corrected chi connectivity index (χ0v) is 27.9. The van der Waals surface area contributed by atoms with Crippen LogP contribution in [0, 0.1) is 29.6 Å². The summed E-state index contributed by atoms with van der Waals surface area (Å²) in [6.07, 6.45) is 4.64. The summed E-state index contributed by atoms with van der Waals surface area (Å²) in [4.78, 5) is 31.1. The maximum Gasteiger partial charge on any atom is 0.345 e. The van der Waals surface area contributed by atoms with Crippen molar-refractivity contribution in [2.24, 2.45) is 22.7 Å². The minimum atomic E-state index is -1.21. The van der Waals surface area contributed by atoms with Crippen molar-refractivity contribution in [3.05, 3.63) is 82.0 Å². The van der Waals surface area contributed by atoms with E-state index in [-0.39, 0.29) is 29.3 Å². The monoisotopic (exact) mass is 643 g/mol. The number of fused-ring (bicyclic) bond motifs is 6. The van der Waals surface area contributed by atoms with E-state index in [0.29, 0.717) is 30.8 Å². The number of hydrogen-bond acceptors (Lipinski definition) is 9. The van der Waals surface area contributed by atoms with Crippen molar-refractivity contribution in [1.29, 1.82) is 0 Å². The molecule has 7 rings (SSSR count). The molecule has 47 heavy (non-hydrogen) atoms. The van der Waals surface area contributed by atoms with E-state index in [0.717, 1.165) is 36.8 Å². The van der Waals surface area contributed by atoms with Gasteiger partial charge in [0.15, 0.2) is 6.29 Å². The molecular formula is C38H45NO8. The average Bonchev–Trinajstić information content (AvgIpc) is 3.04. The lowest BCUT2D eigenvalue weighted by atomic mass is 9.42. The van der Waals surface area contributed by atoms with Crippen LogP contribution in [0.4, 0.5) is 0 Å². The Morgan fingerprint density at radius 1 is 1.13 bits per heavy atom. The van der Waals surface area contributed by atoms with Crippen LogP contribution >= 0.6 is 0 Å². The Morgan fingerprint density at radius 3 is 2.68 bits per heavy atom. The van der Waals surface area contributed by atoms with Crippen LogP contribution in [0.1, 0.15) is 95.3 Å². The van der Waals surface area contributed by atoms with Crippen LogP contribution in [-0.2, 0) is 19.0 Å². The van der Waals surface area contributed by atoms with Gasteiger partial charge in [-0.15, -0.1) is 0 Å². The second-order valence-corrected chi connectivity index (χ2v) is 14.7. The van der Waals surface area contributed by atoms with Gasteiger partial charge in [-0.2, -0.15) is 0 Å². The molecule has 0 bridgehead atoms. The number of nitrogens with zero attached hydrogens (tertiary/aromatic N) is 1. The standard InChI is InChI=1S/C38H45NO8/c1-6-7-14-30(40)45-29-19-27-36(3,16-15-28-37(27,4)21-43-35(46-28)24-13-9-8-11-22(24)2)33-32(41)31-26(47-38(29,33)5)18-25(44-34(31)42)23-12-10-17-39-20-23/h8-13,17-18,20,27-29,32-33,35,41H,6-7,14-16,19,21H2,1-5H3/t27-,28+,29+,32+,33-,35-,36+,37+,38-/m1/s1. The normalized spacial score (nSPS) is 35.8. The first kappa shape index (κ1) is 32.0. The second kappa shape index (κ2) is 11.9. The maximum atomic E-state index is 13.6. The van der Waals surface area contributed by atoms with Gasteiger partial charge in [0.2, 0.25) is 0 Å². The maximum absolute atomic E-state index is 13.6. The molecule has 0 spiro atoms. The van der Waals surface area contributed by atoms with E-state index in [4.69, 9.17) is 23.4 Å².